The van der Waals surface area contributed by atoms with Gasteiger partial charge < -0.3 is 5.32 Å². The fraction of sp³-hybridized carbons (Fsp3) is 0.0769. The summed E-state index contributed by atoms with van der Waals surface area (Å²) in [5.74, 6) is -1.35. The Labute approximate surface area is 111 Å². The minimum Gasteiger partial charge on any atom is -0.353 e. The highest BCUT2D eigenvalue weighted by Gasteiger charge is 2.34. The first kappa shape index (κ1) is 13.8. The molecule has 0 saturated heterocycles. The van der Waals surface area contributed by atoms with E-state index in [0.29, 0.717) is 12.1 Å². The van der Waals surface area contributed by atoms with Crippen molar-refractivity contribution < 1.29 is 17.6 Å². The van der Waals surface area contributed by atoms with E-state index in [2.05, 4.69) is 10.3 Å². The summed E-state index contributed by atoms with van der Waals surface area (Å²) in [5.41, 5.74) is -1.08. The van der Waals surface area contributed by atoms with E-state index in [9.17, 15) is 17.6 Å². The van der Waals surface area contributed by atoms with Gasteiger partial charge in [0.25, 0.3) is 0 Å². The molecular formula is C13H7F4N3. The summed E-state index contributed by atoms with van der Waals surface area (Å²) < 4.78 is 50.9. The van der Waals surface area contributed by atoms with Crippen molar-refractivity contribution in [1.29, 1.82) is 5.26 Å². The van der Waals surface area contributed by atoms with E-state index in [1.807, 2.05) is 0 Å². The zero-order valence-electron chi connectivity index (χ0n) is 9.87. The predicted octanol–water partition coefficient (Wildman–Crippen LogP) is 3.85. The summed E-state index contributed by atoms with van der Waals surface area (Å²) in [4.78, 5) is 3.76. The Bertz CT molecular complexity index is 674. The number of aromatic nitrogens is 1. The van der Waals surface area contributed by atoms with Crippen molar-refractivity contribution >= 4 is 11.4 Å². The van der Waals surface area contributed by atoms with E-state index in [1.165, 1.54) is 18.3 Å². The molecule has 0 bridgehead atoms. The zero-order valence-corrected chi connectivity index (χ0v) is 9.87. The largest absolute Gasteiger partial charge is 0.419 e. The molecular weight excluding hydrogens is 274 g/mol. The van der Waals surface area contributed by atoms with E-state index < -0.39 is 17.6 Å². The fourth-order valence-electron chi connectivity index (χ4n) is 1.57. The van der Waals surface area contributed by atoms with Crippen molar-refractivity contribution in [2.24, 2.45) is 0 Å². The quantitative estimate of drug-likeness (QED) is 0.850. The SMILES string of the molecule is N#Cc1ncccc1Nc1ccc(F)c(C(F)(F)F)c1. The zero-order chi connectivity index (χ0) is 14.8. The standard InChI is InChI=1S/C13H7F4N3/c14-10-4-3-8(6-9(10)13(15,16)17)20-11-2-1-5-19-12(11)7-18/h1-6,20H. The number of nitrogens with zero attached hydrogens (tertiary/aromatic N) is 2. The highest BCUT2D eigenvalue weighted by atomic mass is 19.4. The maximum absolute atomic E-state index is 13.1. The molecule has 0 fully saturated rings. The first-order chi connectivity index (χ1) is 9.41. The van der Waals surface area contributed by atoms with Crippen LogP contribution in [0.15, 0.2) is 36.5 Å². The van der Waals surface area contributed by atoms with Crippen LogP contribution in [0.4, 0.5) is 28.9 Å². The lowest BCUT2D eigenvalue weighted by molar-refractivity contribution is -0.139. The lowest BCUT2D eigenvalue weighted by atomic mass is 10.1. The van der Waals surface area contributed by atoms with Gasteiger partial charge in [-0.3, -0.25) is 0 Å². The lowest BCUT2D eigenvalue weighted by Crippen LogP contribution is -2.08. The smallest absolute Gasteiger partial charge is 0.353 e. The van der Waals surface area contributed by atoms with Gasteiger partial charge in [-0.25, -0.2) is 9.37 Å². The van der Waals surface area contributed by atoms with Crippen LogP contribution in [0.25, 0.3) is 0 Å². The summed E-state index contributed by atoms with van der Waals surface area (Å²) in [5, 5.41) is 11.4. The Hall–Kier alpha value is -2.62. The molecule has 1 heterocycles. The summed E-state index contributed by atoms with van der Waals surface area (Å²) >= 11 is 0. The molecule has 1 N–H and O–H groups in total. The normalized spacial score (nSPS) is 10.9. The summed E-state index contributed by atoms with van der Waals surface area (Å²) in [6.45, 7) is 0. The number of pyridine rings is 1. The predicted molar refractivity (Wildman–Crippen MR) is 63.6 cm³/mol. The van der Waals surface area contributed by atoms with E-state index >= 15 is 0 Å². The Morgan fingerprint density at radius 1 is 1.20 bits per heavy atom. The van der Waals surface area contributed by atoms with Crippen LogP contribution in [0.2, 0.25) is 0 Å². The molecule has 2 rings (SSSR count). The second-order valence-corrected chi connectivity index (χ2v) is 3.83. The average molecular weight is 281 g/mol. The van der Waals surface area contributed by atoms with Crippen LogP contribution in [0.1, 0.15) is 11.3 Å². The van der Waals surface area contributed by atoms with Crippen molar-refractivity contribution in [3.05, 3.63) is 53.6 Å². The molecule has 0 aliphatic carbocycles. The van der Waals surface area contributed by atoms with Crippen LogP contribution in [0.3, 0.4) is 0 Å². The third-order valence-corrected chi connectivity index (χ3v) is 2.46. The molecule has 1 aromatic carbocycles. The highest BCUT2D eigenvalue weighted by Crippen LogP contribution is 2.33. The molecule has 0 atom stereocenters. The van der Waals surface area contributed by atoms with Crippen molar-refractivity contribution in [2.45, 2.75) is 6.18 Å². The van der Waals surface area contributed by atoms with Crippen LogP contribution in [0, 0.1) is 17.1 Å². The molecule has 102 valence electrons. The monoisotopic (exact) mass is 281 g/mol. The maximum Gasteiger partial charge on any atom is 0.419 e. The average Bonchev–Trinajstić information content (AvgIpc) is 2.40. The molecule has 2 aromatic rings. The van der Waals surface area contributed by atoms with Crippen molar-refractivity contribution in [3.63, 3.8) is 0 Å². The molecule has 0 aliphatic rings. The number of anilines is 2. The van der Waals surface area contributed by atoms with Crippen LogP contribution in [0.5, 0.6) is 0 Å². The topological polar surface area (TPSA) is 48.7 Å². The number of halogens is 4. The molecule has 0 saturated carbocycles. The third kappa shape index (κ3) is 2.85. The molecule has 0 radical (unpaired) electrons. The van der Waals surface area contributed by atoms with Gasteiger partial charge in [-0.2, -0.15) is 18.4 Å². The first-order valence-electron chi connectivity index (χ1n) is 5.40. The van der Waals surface area contributed by atoms with Crippen molar-refractivity contribution in [2.75, 3.05) is 5.32 Å². The van der Waals surface area contributed by atoms with E-state index in [4.69, 9.17) is 5.26 Å². The molecule has 0 spiro atoms. The Morgan fingerprint density at radius 2 is 1.95 bits per heavy atom. The molecule has 7 heteroatoms. The summed E-state index contributed by atoms with van der Waals surface area (Å²) in [6.07, 6.45) is -3.40. The van der Waals surface area contributed by atoms with Crippen LogP contribution >= 0.6 is 0 Å². The van der Waals surface area contributed by atoms with Crippen LogP contribution in [-0.4, -0.2) is 4.98 Å². The van der Waals surface area contributed by atoms with Crippen molar-refractivity contribution in [3.8, 4) is 6.07 Å². The van der Waals surface area contributed by atoms with Crippen molar-refractivity contribution in [1.82, 2.24) is 4.98 Å². The number of benzene rings is 1. The van der Waals surface area contributed by atoms with E-state index in [-0.39, 0.29) is 17.1 Å². The van der Waals surface area contributed by atoms with Crippen LogP contribution < -0.4 is 5.32 Å². The highest BCUT2D eigenvalue weighted by molar-refractivity contribution is 5.64. The Morgan fingerprint density at radius 3 is 2.60 bits per heavy atom. The minimum atomic E-state index is -4.78. The minimum absolute atomic E-state index is 0.0169. The van der Waals surface area contributed by atoms with Crippen LogP contribution in [-0.2, 0) is 6.18 Å². The number of hydrogen-bond donors (Lipinski definition) is 1. The number of nitriles is 1. The van der Waals surface area contributed by atoms with E-state index in [0.717, 1.165) is 6.07 Å². The van der Waals surface area contributed by atoms with Gasteiger partial charge in [-0.15, -0.1) is 0 Å². The Balaban J connectivity index is 2.38. The van der Waals surface area contributed by atoms with Gasteiger partial charge in [0.2, 0.25) is 0 Å². The summed E-state index contributed by atoms with van der Waals surface area (Å²) in [7, 11) is 0. The molecule has 3 nitrogen and oxygen atoms in total. The van der Waals surface area contributed by atoms with Gasteiger partial charge in [0, 0.05) is 11.9 Å². The van der Waals surface area contributed by atoms with Gasteiger partial charge >= 0.3 is 6.18 Å². The maximum atomic E-state index is 13.1. The molecule has 20 heavy (non-hydrogen) atoms. The lowest BCUT2D eigenvalue weighted by Gasteiger charge is -2.12. The van der Waals surface area contributed by atoms with Gasteiger partial charge in [-0.1, -0.05) is 0 Å². The number of hydrogen-bond acceptors (Lipinski definition) is 3. The number of rotatable bonds is 2. The third-order valence-electron chi connectivity index (χ3n) is 2.46. The first-order valence-corrected chi connectivity index (χ1v) is 5.40. The van der Waals surface area contributed by atoms with Gasteiger partial charge in [0.1, 0.15) is 11.9 Å². The molecule has 0 amide bonds. The second-order valence-electron chi connectivity index (χ2n) is 3.83. The molecule has 0 aliphatic heterocycles. The fourth-order valence-corrected chi connectivity index (χ4v) is 1.57. The second kappa shape index (κ2) is 5.17. The van der Waals surface area contributed by atoms with E-state index in [1.54, 1.807) is 6.07 Å². The van der Waals surface area contributed by atoms with Gasteiger partial charge in [0.05, 0.1) is 11.3 Å². The Kier molecular flexibility index (Phi) is 3.57. The molecule has 1 aromatic heterocycles. The van der Waals surface area contributed by atoms with Gasteiger partial charge in [0.15, 0.2) is 5.69 Å². The summed E-state index contributed by atoms with van der Waals surface area (Å²) in [6, 6.07) is 7.33. The number of nitrogens with one attached hydrogen (secondary N) is 1. The number of alkyl halides is 3. The molecule has 0 unspecified atom stereocenters. The van der Waals surface area contributed by atoms with Gasteiger partial charge in [-0.05, 0) is 30.3 Å².